The molecule has 25 heavy (non-hydrogen) atoms. The summed E-state index contributed by atoms with van der Waals surface area (Å²) in [7, 11) is 3.46. The number of carbonyl (C=O) groups excluding carboxylic acids is 1. The number of fused-ring (bicyclic) bond motifs is 1. The average Bonchev–Trinajstić information content (AvgIpc) is 2.87. The van der Waals surface area contributed by atoms with Gasteiger partial charge in [-0.1, -0.05) is 12.1 Å². The van der Waals surface area contributed by atoms with E-state index in [2.05, 4.69) is 20.7 Å². The second-order valence-corrected chi connectivity index (χ2v) is 5.93. The second kappa shape index (κ2) is 6.80. The maximum absolute atomic E-state index is 12.2. The molecule has 0 aliphatic heterocycles. The number of nitrogens with one attached hydrogen (secondary N) is 2. The number of carbonyl (C=O) groups is 1. The van der Waals surface area contributed by atoms with Crippen LogP contribution in [0.5, 0.6) is 5.75 Å². The van der Waals surface area contributed by atoms with Crippen LogP contribution >= 0.6 is 0 Å². The van der Waals surface area contributed by atoms with Gasteiger partial charge in [-0.05, 0) is 31.5 Å². The molecule has 0 radical (unpaired) electrons. The van der Waals surface area contributed by atoms with Gasteiger partial charge in [0.15, 0.2) is 5.65 Å². The molecule has 2 N–H and O–H groups in total. The van der Waals surface area contributed by atoms with Crippen molar-refractivity contribution in [1.82, 2.24) is 20.1 Å². The van der Waals surface area contributed by atoms with Crippen LogP contribution in [0.4, 0.5) is 10.5 Å². The number of amides is 2. The van der Waals surface area contributed by atoms with Crippen molar-refractivity contribution in [2.24, 2.45) is 7.05 Å². The third-order valence-corrected chi connectivity index (χ3v) is 4.00. The van der Waals surface area contributed by atoms with Crippen LogP contribution < -0.4 is 15.4 Å². The molecular formula is C18H21N5O2. The molecule has 0 aliphatic carbocycles. The van der Waals surface area contributed by atoms with Crippen LogP contribution in [0.25, 0.3) is 11.0 Å². The number of nitrogens with zero attached hydrogens (tertiary/aromatic N) is 3. The first-order chi connectivity index (χ1) is 12.0. The molecule has 130 valence electrons. The fourth-order valence-corrected chi connectivity index (χ4v) is 2.72. The standard InChI is InChI=1S/C18H21N5O2/c1-11-5-6-13(16(7-11)25-4)9-20-18(24)21-14-8-15-12(2)22-23(3)17(15)19-10-14/h5-8,10H,9H2,1-4H3,(H2,20,21,24). The number of pyridine rings is 1. The number of hydrogen-bond acceptors (Lipinski definition) is 4. The van der Waals surface area contributed by atoms with Gasteiger partial charge in [0.05, 0.1) is 24.7 Å². The predicted octanol–water partition coefficient (Wildman–Crippen LogP) is 2.92. The summed E-state index contributed by atoms with van der Waals surface area (Å²) in [5, 5.41) is 10.9. The highest BCUT2D eigenvalue weighted by Gasteiger charge is 2.10. The number of benzene rings is 1. The Morgan fingerprint density at radius 2 is 2.08 bits per heavy atom. The summed E-state index contributed by atoms with van der Waals surface area (Å²) in [6.07, 6.45) is 1.62. The Morgan fingerprint density at radius 3 is 2.84 bits per heavy atom. The van der Waals surface area contributed by atoms with Crippen molar-refractivity contribution in [3.8, 4) is 5.75 Å². The quantitative estimate of drug-likeness (QED) is 0.766. The molecule has 0 saturated carbocycles. The molecule has 0 bridgehead atoms. The molecule has 7 heteroatoms. The summed E-state index contributed by atoms with van der Waals surface area (Å²) in [5.74, 6) is 0.759. The Labute approximate surface area is 146 Å². The molecule has 2 amide bonds. The zero-order valence-corrected chi connectivity index (χ0v) is 14.8. The van der Waals surface area contributed by atoms with E-state index in [0.717, 1.165) is 33.6 Å². The van der Waals surface area contributed by atoms with Crippen molar-refractivity contribution in [3.05, 3.63) is 47.3 Å². The lowest BCUT2D eigenvalue weighted by Gasteiger charge is -2.11. The van der Waals surface area contributed by atoms with E-state index in [1.165, 1.54) is 0 Å². The number of aromatic nitrogens is 3. The molecule has 3 rings (SSSR count). The summed E-state index contributed by atoms with van der Waals surface area (Å²) < 4.78 is 7.07. The third-order valence-electron chi connectivity index (χ3n) is 4.00. The van der Waals surface area contributed by atoms with Gasteiger partial charge in [-0.25, -0.2) is 9.78 Å². The van der Waals surface area contributed by atoms with E-state index in [1.807, 2.05) is 45.2 Å². The molecule has 1 aromatic carbocycles. The molecule has 0 atom stereocenters. The van der Waals surface area contributed by atoms with Gasteiger partial charge in [0, 0.05) is 24.5 Å². The highest BCUT2D eigenvalue weighted by atomic mass is 16.5. The summed E-state index contributed by atoms with van der Waals surface area (Å²) in [4.78, 5) is 16.5. The van der Waals surface area contributed by atoms with Crippen molar-refractivity contribution >= 4 is 22.8 Å². The van der Waals surface area contributed by atoms with Gasteiger partial charge in [0.1, 0.15) is 5.75 Å². The first kappa shape index (κ1) is 16.8. The molecular weight excluding hydrogens is 318 g/mol. The lowest BCUT2D eigenvalue weighted by atomic mass is 10.1. The van der Waals surface area contributed by atoms with Gasteiger partial charge in [-0.15, -0.1) is 0 Å². The Kier molecular flexibility index (Phi) is 4.56. The van der Waals surface area contributed by atoms with Gasteiger partial charge in [0.25, 0.3) is 0 Å². The minimum Gasteiger partial charge on any atom is -0.496 e. The lowest BCUT2D eigenvalue weighted by molar-refractivity contribution is 0.251. The van der Waals surface area contributed by atoms with Crippen molar-refractivity contribution in [2.75, 3.05) is 12.4 Å². The van der Waals surface area contributed by atoms with E-state index in [4.69, 9.17) is 4.74 Å². The van der Waals surface area contributed by atoms with Gasteiger partial charge >= 0.3 is 6.03 Å². The largest absolute Gasteiger partial charge is 0.496 e. The zero-order valence-electron chi connectivity index (χ0n) is 14.8. The van der Waals surface area contributed by atoms with Crippen LogP contribution in [-0.2, 0) is 13.6 Å². The Hall–Kier alpha value is -3.09. The molecule has 0 aliphatic rings. The minimum atomic E-state index is -0.301. The molecule has 0 spiro atoms. The first-order valence-electron chi connectivity index (χ1n) is 7.95. The van der Waals surface area contributed by atoms with Crippen molar-refractivity contribution in [2.45, 2.75) is 20.4 Å². The molecule has 7 nitrogen and oxygen atoms in total. The maximum Gasteiger partial charge on any atom is 0.319 e. The SMILES string of the molecule is COc1cc(C)ccc1CNC(=O)Nc1cnc2c(c1)c(C)nn2C. The topological polar surface area (TPSA) is 81.1 Å². The minimum absolute atomic E-state index is 0.301. The number of methoxy groups -OCH3 is 1. The van der Waals surface area contributed by atoms with Gasteiger partial charge in [-0.2, -0.15) is 5.10 Å². The molecule has 0 saturated heterocycles. The number of aryl methyl sites for hydroxylation is 3. The molecule has 2 aromatic heterocycles. The fraction of sp³-hybridized carbons (Fsp3) is 0.278. The number of anilines is 1. The van der Waals surface area contributed by atoms with Gasteiger partial charge in [-0.3, -0.25) is 4.68 Å². The average molecular weight is 339 g/mol. The number of hydrogen-bond donors (Lipinski definition) is 2. The summed E-state index contributed by atoms with van der Waals surface area (Å²) in [5.41, 5.74) is 4.31. The number of urea groups is 1. The van der Waals surface area contributed by atoms with Crippen molar-refractivity contribution in [1.29, 1.82) is 0 Å². The van der Waals surface area contributed by atoms with Crippen LogP contribution in [0.15, 0.2) is 30.5 Å². The second-order valence-electron chi connectivity index (χ2n) is 5.93. The Balaban J connectivity index is 1.68. The van der Waals surface area contributed by atoms with Crippen LogP contribution in [0, 0.1) is 13.8 Å². The molecule has 0 fully saturated rings. The van der Waals surface area contributed by atoms with E-state index < -0.39 is 0 Å². The molecule has 0 unspecified atom stereocenters. The Morgan fingerprint density at radius 1 is 1.28 bits per heavy atom. The van der Waals surface area contributed by atoms with Gasteiger partial charge in [0.2, 0.25) is 0 Å². The Bertz CT molecular complexity index is 933. The number of rotatable bonds is 4. The number of ether oxygens (including phenoxy) is 1. The van der Waals surface area contributed by atoms with E-state index in [9.17, 15) is 4.79 Å². The van der Waals surface area contributed by atoms with Crippen LogP contribution in [0.1, 0.15) is 16.8 Å². The molecule has 3 aromatic rings. The monoisotopic (exact) mass is 339 g/mol. The zero-order chi connectivity index (χ0) is 18.0. The van der Waals surface area contributed by atoms with E-state index in [1.54, 1.807) is 18.0 Å². The predicted molar refractivity (Wildman–Crippen MR) is 96.8 cm³/mol. The van der Waals surface area contributed by atoms with Crippen molar-refractivity contribution < 1.29 is 9.53 Å². The van der Waals surface area contributed by atoms with E-state index in [0.29, 0.717) is 12.2 Å². The van der Waals surface area contributed by atoms with E-state index in [-0.39, 0.29) is 6.03 Å². The first-order valence-corrected chi connectivity index (χ1v) is 7.95. The van der Waals surface area contributed by atoms with Crippen molar-refractivity contribution in [3.63, 3.8) is 0 Å². The summed E-state index contributed by atoms with van der Waals surface area (Å²) in [6.45, 7) is 4.28. The lowest BCUT2D eigenvalue weighted by Crippen LogP contribution is -2.28. The highest BCUT2D eigenvalue weighted by molar-refractivity contribution is 5.92. The smallest absolute Gasteiger partial charge is 0.319 e. The van der Waals surface area contributed by atoms with E-state index >= 15 is 0 Å². The van der Waals surface area contributed by atoms with Crippen LogP contribution in [-0.4, -0.2) is 27.9 Å². The van der Waals surface area contributed by atoms with Crippen LogP contribution in [0.3, 0.4) is 0 Å². The van der Waals surface area contributed by atoms with Gasteiger partial charge < -0.3 is 15.4 Å². The maximum atomic E-state index is 12.2. The fourth-order valence-electron chi connectivity index (χ4n) is 2.72. The third kappa shape index (κ3) is 3.55. The summed E-state index contributed by atoms with van der Waals surface area (Å²) >= 11 is 0. The van der Waals surface area contributed by atoms with Crippen LogP contribution in [0.2, 0.25) is 0 Å². The highest BCUT2D eigenvalue weighted by Crippen LogP contribution is 2.20. The normalized spacial score (nSPS) is 10.7. The summed E-state index contributed by atoms with van der Waals surface area (Å²) in [6, 6.07) is 7.45. The molecule has 2 heterocycles.